The lowest BCUT2D eigenvalue weighted by molar-refractivity contribution is -0.117. The Bertz CT molecular complexity index is 754. The molecule has 0 bridgehead atoms. The van der Waals surface area contributed by atoms with Crippen molar-refractivity contribution in [2.24, 2.45) is 0 Å². The summed E-state index contributed by atoms with van der Waals surface area (Å²) in [6.45, 7) is 3.33. The Morgan fingerprint density at radius 1 is 1.26 bits per heavy atom. The molecule has 0 saturated heterocycles. The third-order valence-electron chi connectivity index (χ3n) is 4.38. The van der Waals surface area contributed by atoms with Crippen LogP contribution in [0.3, 0.4) is 0 Å². The van der Waals surface area contributed by atoms with Gasteiger partial charge in [0.15, 0.2) is 0 Å². The number of para-hydroxylation sites is 1. The van der Waals surface area contributed by atoms with E-state index in [4.69, 9.17) is 0 Å². The van der Waals surface area contributed by atoms with Gasteiger partial charge in [-0.3, -0.25) is 4.79 Å². The average molecular weight is 308 g/mol. The fraction of sp³-hybridized carbons (Fsp3) is 0.389. The molecule has 2 heterocycles. The molecule has 118 valence electrons. The van der Waals surface area contributed by atoms with Crippen molar-refractivity contribution in [3.8, 4) is 0 Å². The number of benzene rings is 1. The van der Waals surface area contributed by atoms with Gasteiger partial charge >= 0.3 is 0 Å². The summed E-state index contributed by atoms with van der Waals surface area (Å²) < 4.78 is 0. The highest BCUT2D eigenvalue weighted by molar-refractivity contribution is 6.01. The fourth-order valence-electron chi connectivity index (χ4n) is 3.06. The van der Waals surface area contributed by atoms with Crippen molar-refractivity contribution in [1.29, 1.82) is 0 Å². The Hall–Kier alpha value is -2.43. The largest absolute Gasteiger partial charge is 0.368 e. The van der Waals surface area contributed by atoms with Gasteiger partial charge in [-0.25, -0.2) is 9.97 Å². The lowest BCUT2D eigenvalue weighted by Gasteiger charge is -2.18. The van der Waals surface area contributed by atoms with E-state index in [-0.39, 0.29) is 5.91 Å². The van der Waals surface area contributed by atoms with E-state index in [1.807, 2.05) is 42.2 Å². The number of aromatic nitrogens is 2. The van der Waals surface area contributed by atoms with E-state index in [0.717, 1.165) is 28.6 Å². The van der Waals surface area contributed by atoms with Crippen molar-refractivity contribution in [2.45, 2.75) is 32.1 Å². The minimum Gasteiger partial charge on any atom is -0.368 e. The van der Waals surface area contributed by atoms with Gasteiger partial charge in [-0.15, -0.1) is 0 Å². The van der Waals surface area contributed by atoms with Gasteiger partial charge in [-0.1, -0.05) is 18.2 Å². The Balaban J connectivity index is 1.41. The predicted molar refractivity (Wildman–Crippen MR) is 89.7 cm³/mol. The summed E-state index contributed by atoms with van der Waals surface area (Å²) in [5, 5.41) is 3.34. The third-order valence-corrected chi connectivity index (χ3v) is 4.38. The van der Waals surface area contributed by atoms with Crippen molar-refractivity contribution < 1.29 is 4.79 Å². The summed E-state index contributed by atoms with van der Waals surface area (Å²) in [5.41, 5.74) is 3.15. The number of carbonyl (C=O) groups is 1. The first-order valence-corrected chi connectivity index (χ1v) is 8.18. The number of hydrogen-bond acceptors (Lipinski definition) is 4. The van der Waals surface area contributed by atoms with Crippen molar-refractivity contribution in [3.63, 3.8) is 0 Å². The SMILES string of the molecule is Cc1cc(NCCN2C(=O)Cc3ccccc32)nc(C2CC2)n1. The number of anilines is 2. The van der Waals surface area contributed by atoms with Crippen LogP contribution in [0.25, 0.3) is 0 Å². The second-order valence-electron chi connectivity index (χ2n) is 6.30. The number of nitrogens with one attached hydrogen (secondary N) is 1. The van der Waals surface area contributed by atoms with Crippen LogP contribution < -0.4 is 10.2 Å². The molecule has 4 rings (SSSR count). The Kier molecular flexibility index (Phi) is 3.48. The highest BCUT2D eigenvalue weighted by Gasteiger charge is 2.27. The zero-order chi connectivity index (χ0) is 15.8. The van der Waals surface area contributed by atoms with Gasteiger partial charge in [0.25, 0.3) is 0 Å². The summed E-state index contributed by atoms with van der Waals surface area (Å²) in [6, 6.07) is 9.97. The van der Waals surface area contributed by atoms with E-state index in [0.29, 0.717) is 25.4 Å². The summed E-state index contributed by atoms with van der Waals surface area (Å²) in [7, 11) is 0. The van der Waals surface area contributed by atoms with E-state index < -0.39 is 0 Å². The fourth-order valence-corrected chi connectivity index (χ4v) is 3.06. The van der Waals surface area contributed by atoms with Gasteiger partial charge in [0.2, 0.25) is 5.91 Å². The summed E-state index contributed by atoms with van der Waals surface area (Å²) in [6.07, 6.45) is 2.90. The number of amides is 1. The van der Waals surface area contributed by atoms with Crippen LogP contribution in [-0.2, 0) is 11.2 Å². The maximum Gasteiger partial charge on any atom is 0.231 e. The number of hydrogen-bond donors (Lipinski definition) is 1. The second-order valence-corrected chi connectivity index (χ2v) is 6.30. The van der Waals surface area contributed by atoms with Crippen molar-refractivity contribution in [3.05, 3.63) is 47.4 Å². The molecule has 1 saturated carbocycles. The highest BCUT2D eigenvalue weighted by atomic mass is 16.2. The van der Waals surface area contributed by atoms with Crippen molar-refractivity contribution in [2.75, 3.05) is 23.3 Å². The first-order valence-electron chi connectivity index (χ1n) is 8.18. The number of aryl methyl sites for hydroxylation is 1. The molecule has 1 aliphatic carbocycles. The van der Waals surface area contributed by atoms with E-state index in [1.54, 1.807) is 0 Å². The van der Waals surface area contributed by atoms with Crippen LogP contribution in [0.1, 0.15) is 35.8 Å². The van der Waals surface area contributed by atoms with Gasteiger partial charge in [-0.05, 0) is 31.4 Å². The minimum atomic E-state index is 0.172. The first kappa shape index (κ1) is 14.2. The lowest BCUT2D eigenvalue weighted by atomic mass is 10.2. The van der Waals surface area contributed by atoms with Gasteiger partial charge in [0, 0.05) is 36.5 Å². The maximum atomic E-state index is 12.2. The number of carbonyl (C=O) groups excluding carboxylic acids is 1. The standard InChI is InChI=1S/C18H20N4O/c1-12-10-16(21-18(20-12)13-6-7-13)19-8-9-22-15-5-3-2-4-14(15)11-17(22)23/h2-5,10,13H,6-9,11H2,1H3,(H,19,20,21). The Morgan fingerprint density at radius 3 is 2.91 bits per heavy atom. The molecule has 5 heteroatoms. The van der Waals surface area contributed by atoms with Gasteiger partial charge in [0.05, 0.1) is 6.42 Å². The smallest absolute Gasteiger partial charge is 0.231 e. The predicted octanol–water partition coefficient (Wildman–Crippen LogP) is 2.66. The number of rotatable bonds is 5. The summed E-state index contributed by atoms with van der Waals surface area (Å²) in [5.74, 6) is 2.53. The van der Waals surface area contributed by atoms with Gasteiger partial charge < -0.3 is 10.2 Å². The molecule has 2 aliphatic rings. The number of nitrogens with zero attached hydrogens (tertiary/aromatic N) is 3. The van der Waals surface area contributed by atoms with Crippen LogP contribution >= 0.6 is 0 Å². The van der Waals surface area contributed by atoms with Crippen LogP contribution in [0, 0.1) is 6.92 Å². The zero-order valence-electron chi connectivity index (χ0n) is 13.2. The molecule has 1 amide bonds. The zero-order valence-corrected chi connectivity index (χ0v) is 13.2. The van der Waals surface area contributed by atoms with E-state index in [2.05, 4.69) is 15.3 Å². The van der Waals surface area contributed by atoms with Crippen LogP contribution in [0.4, 0.5) is 11.5 Å². The summed E-state index contributed by atoms with van der Waals surface area (Å²) >= 11 is 0. The molecule has 1 aromatic carbocycles. The molecule has 2 aromatic rings. The van der Waals surface area contributed by atoms with E-state index >= 15 is 0 Å². The molecule has 0 spiro atoms. The lowest BCUT2D eigenvalue weighted by Crippen LogP contribution is -2.31. The van der Waals surface area contributed by atoms with Crippen molar-refractivity contribution >= 4 is 17.4 Å². The second kappa shape index (κ2) is 5.65. The topological polar surface area (TPSA) is 58.1 Å². The normalized spacial score (nSPS) is 16.6. The summed E-state index contributed by atoms with van der Waals surface area (Å²) in [4.78, 5) is 23.1. The molecule has 1 aromatic heterocycles. The molecule has 5 nitrogen and oxygen atoms in total. The molecule has 0 radical (unpaired) electrons. The molecule has 0 unspecified atom stereocenters. The molecular weight excluding hydrogens is 288 g/mol. The monoisotopic (exact) mass is 308 g/mol. The van der Waals surface area contributed by atoms with E-state index in [1.165, 1.54) is 12.8 Å². The third kappa shape index (κ3) is 2.91. The maximum absolute atomic E-state index is 12.2. The van der Waals surface area contributed by atoms with Gasteiger partial charge in [0.1, 0.15) is 11.6 Å². The van der Waals surface area contributed by atoms with Crippen LogP contribution in [-0.4, -0.2) is 29.0 Å². The van der Waals surface area contributed by atoms with Crippen molar-refractivity contribution in [1.82, 2.24) is 9.97 Å². The highest BCUT2D eigenvalue weighted by Crippen LogP contribution is 2.38. The van der Waals surface area contributed by atoms with Gasteiger partial charge in [-0.2, -0.15) is 0 Å². The van der Waals surface area contributed by atoms with Crippen LogP contribution in [0.2, 0.25) is 0 Å². The Labute approximate surface area is 135 Å². The average Bonchev–Trinajstić information content (AvgIpc) is 3.32. The van der Waals surface area contributed by atoms with Crippen LogP contribution in [0.5, 0.6) is 0 Å². The first-order chi connectivity index (χ1) is 11.2. The Morgan fingerprint density at radius 2 is 2.09 bits per heavy atom. The quantitative estimate of drug-likeness (QED) is 0.922. The number of fused-ring (bicyclic) bond motifs is 1. The molecule has 23 heavy (non-hydrogen) atoms. The molecular formula is C18H20N4O. The van der Waals surface area contributed by atoms with Crippen LogP contribution in [0.15, 0.2) is 30.3 Å². The minimum absolute atomic E-state index is 0.172. The molecule has 1 N–H and O–H groups in total. The molecule has 1 fully saturated rings. The molecule has 1 aliphatic heterocycles. The van der Waals surface area contributed by atoms with E-state index in [9.17, 15) is 4.79 Å². The molecule has 0 atom stereocenters.